The number of hydrogen-bond acceptors (Lipinski definition) is 2. The van der Waals surface area contributed by atoms with Crippen molar-refractivity contribution in [1.29, 1.82) is 0 Å². The van der Waals surface area contributed by atoms with Gasteiger partial charge in [0.25, 0.3) is 0 Å². The van der Waals surface area contributed by atoms with Crippen LogP contribution in [0.3, 0.4) is 0 Å². The maximum Gasteiger partial charge on any atom is 0.194 e. The molecule has 0 N–H and O–H groups in total. The lowest BCUT2D eigenvalue weighted by Gasteiger charge is -2.11. The van der Waals surface area contributed by atoms with Crippen LogP contribution in [0.2, 0.25) is 0 Å². The molecule has 0 aliphatic carbocycles. The molecule has 0 saturated heterocycles. The minimum absolute atomic E-state index is 0.120. The van der Waals surface area contributed by atoms with Gasteiger partial charge in [-0.1, -0.05) is 72.8 Å². The number of carbonyl (C=O) groups excluding carboxylic acids is 2. The van der Waals surface area contributed by atoms with Gasteiger partial charge in [0, 0.05) is 22.3 Å². The third kappa shape index (κ3) is 2.91. The Labute approximate surface area is 141 Å². The van der Waals surface area contributed by atoms with E-state index >= 15 is 0 Å². The Balaban J connectivity index is 2.09. The van der Waals surface area contributed by atoms with Crippen molar-refractivity contribution in [1.82, 2.24) is 0 Å². The van der Waals surface area contributed by atoms with E-state index in [-0.39, 0.29) is 11.6 Å². The van der Waals surface area contributed by atoms with Crippen molar-refractivity contribution in [2.24, 2.45) is 0 Å². The maximum atomic E-state index is 13.0. The first-order chi connectivity index (χ1) is 11.6. The first-order valence-electron chi connectivity index (χ1n) is 7.89. The fourth-order valence-corrected chi connectivity index (χ4v) is 2.82. The van der Waals surface area contributed by atoms with E-state index in [0.29, 0.717) is 22.3 Å². The van der Waals surface area contributed by atoms with Gasteiger partial charge in [-0.05, 0) is 25.0 Å². The predicted octanol–water partition coefficient (Wildman–Crippen LogP) is 4.77. The van der Waals surface area contributed by atoms with Crippen molar-refractivity contribution >= 4 is 11.6 Å². The summed E-state index contributed by atoms with van der Waals surface area (Å²) in [5, 5.41) is 0. The first-order valence-corrected chi connectivity index (χ1v) is 7.89. The van der Waals surface area contributed by atoms with E-state index in [4.69, 9.17) is 0 Å². The molecule has 3 aromatic carbocycles. The summed E-state index contributed by atoms with van der Waals surface area (Å²) in [5.74, 6) is -0.240. The van der Waals surface area contributed by atoms with E-state index in [9.17, 15) is 9.59 Å². The van der Waals surface area contributed by atoms with Gasteiger partial charge in [-0.3, -0.25) is 9.59 Å². The van der Waals surface area contributed by atoms with Crippen molar-refractivity contribution in [2.75, 3.05) is 0 Å². The fraction of sp³-hybridized carbons (Fsp3) is 0.0909. The van der Waals surface area contributed by atoms with Gasteiger partial charge >= 0.3 is 0 Å². The van der Waals surface area contributed by atoms with E-state index in [2.05, 4.69) is 0 Å². The average molecular weight is 314 g/mol. The Morgan fingerprint density at radius 1 is 0.500 bits per heavy atom. The van der Waals surface area contributed by atoms with Crippen LogP contribution in [0, 0.1) is 13.8 Å². The van der Waals surface area contributed by atoms with Gasteiger partial charge in [-0.15, -0.1) is 0 Å². The van der Waals surface area contributed by atoms with Crippen LogP contribution in [-0.4, -0.2) is 11.6 Å². The summed E-state index contributed by atoms with van der Waals surface area (Å²) in [6, 6.07) is 21.9. The van der Waals surface area contributed by atoms with Gasteiger partial charge < -0.3 is 0 Å². The van der Waals surface area contributed by atoms with Gasteiger partial charge in [0.2, 0.25) is 0 Å². The van der Waals surface area contributed by atoms with Crippen LogP contribution in [0.4, 0.5) is 0 Å². The molecule has 0 radical (unpaired) electrons. The summed E-state index contributed by atoms with van der Waals surface area (Å²) in [6.07, 6.45) is 0. The summed E-state index contributed by atoms with van der Waals surface area (Å²) in [6.45, 7) is 3.80. The topological polar surface area (TPSA) is 34.1 Å². The molecule has 0 amide bonds. The maximum absolute atomic E-state index is 13.0. The highest BCUT2D eigenvalue weighted by Crippen LogP contribution is 2.21. The van der Waals surface area contributed by atoms with Gasteiger partial charge in [0.05, 0.1) is 0 Å². The molecule has 24 heavy (non-hydrogen) atoms. The molecule has 3 aromatic rings. The lowest BCUT2D eigenvalue weighted by atomic mass is 9.91. The standard InChI is InChI=1S/C22H18O2/c1-15-9-3-5-11-17(15)21(23)19-13-7-8-14-20(19)22(24)18-12-6-4-10-16(18)2/h3-14H,1-2H3. The predicted molar refractivity (Wildman–Crippen MR) is 95.7 cm³/mol. The number of hydrogen-bond donors (Lipinski definition) is 0. The van der Waals surface area contributed by atoms with Gasteiger partial charge in [0.1, 0.15) is 0 Å². The number of ketones is 2. The van der Waals surface area contributed by atoms with Crippen molar-refractivity contribution in [3.8, 4) is 0 Å². The molecule has 0 atom stereocenters. The normalized spacial score (nSPS) is 10.4. The van der Waals surface area contributed by atoms with Crippen LogP contribution in [-0.2, 0) is 0 Å². The van der Waals surface area contributed by atoms with Crippen LogP contribution >= 0.6 is 0 Å². The van der Waals surface area contributed by atoms with Crippen LogP contribution in [0.15, 0.2) is 72.8 Å². The summed E-state index contributed by atoms with van der Waals surface area (Å²) in [5.41, 5.74) is 3.95. The lowest BCUT2D eigenvalue weighted by molar-refractivity contribution is 0.100. The number of aryl methyl sites for hydroxylation is 2. The highest BCUT2D eigenvalue weighted by Gasteiger charge is 2.20. The SMILES string of the molecule is Cc1ccccc1C(=O)c1ccccc1C(=O)c1ccccc1C. The summed E-state index contributed by atoms with van der Waals surface area (Å²) in [4.78, 5) is 25.9. The van der Waals surface area contributed by atoms with E-state index in [1.54, 1.807) is 36.4 Å². The molecule has 118 valence electrons. The molecule has 0 spiro atoms. The van der Waals surface area contributed by atoms with E-state index in [0.717, 1.165) is 11.1 Å². The Morgan fingerprint density at radius 2 is 0.792 bits per heavy atom. The summed E-state index contributed by atoms with van der Waals surface area (Å²) in [7, 11) is 0. The molecule has 0 aliphatic rings. The Hall–Kier alpha value is -3.00. The van der Waals surface area contributed by atoms with Crippen molar-refractivity contribution < 1.29 is 9.59 Å². The van der Waals surface area contributed by atoms with Crippen LogP contribution in [0.5, 0.6) is 0 Å². The fourth-order valence-electron chi connectivity index (χ4n) is 2.82. The minimum Gasteiger partial charge on any atom is -0.289 e. The Kier molecular flexibility index (Phi) is 4.39. The summed E-state index contributed by atoms with van der Waals surface area (Å²) < 4.78 is 0. The molecule has 0 fully saturated rings. The molecule has 0 unspecified atom stereocenters. The molecule has 2 nitrogen and oxygen atoms in total. The van der Waals surface area contributed by atoms with Crippen LogP contribution < -0.4 is 0 Å². The molecule has 0 saturated carbocycles. The zero-order chi connectivity index (χ0) is 17.1. The molecule has 2 heteroatoms. The minimum atomic E-state index is -0.120. The van der Waals surface area contributed by atoms with Crippen molar-refractivity contribution in [3.63, 3.8) is 0 Å². The molecule has 0 aromatic heterocycles. The van der Waals surface area contributed by atoms with Gasteiger partial charge in [-0.25, -0.2) is 0 Å². The molecule has 0 aliphatic heterocycles. The van der Waals surface area contributed by atoms with E-state index < -0.39 is 0 Å². The third-order valence-electron chi connectivity index (χ3n) is 4.20. The number of rotatable bonds is 4. The smallest absolute Gasteiger partial charge is 0.194 e. The highest BCUT2D eigenvalue weighted by atomic mass is 16.1. The zero-order valence-electron chi connectivity index (χ0n) is 13.7. The number of benzene rings is 3. The van der Waals surface area contributed by atoms with E-state index in [1.807, 2.05) is 50.2 Å². The second-order valence-electron chi connectivity index (χ2n) is 5.83. The largest absolute Gasteiger partial charge is 0.289 e. The van der Waals surface area contributed by atoms with Crippen LogP contribution in [0.1, 0.15) is 43.0 Å². The molecular formula is C22H18O2. The first kappa shape index (κ1) is 15.9. The zero-order valence-corrected chi connectivity index (χ0v) is 13.7. The lowest BCUT2D eigenvalue weighted by Crippen LogP contribution is -2.12. The third-order valence-corrected chi connectivity index (χ3v) is 4.20. The average Bonchev–Trinajstić information content (AvgIpc) is 2.61. The highest BCUT2D eigenvalue weighted by molar-refractivity contribution is 6.20. The van der Waals surface area contributed by atoms with Crippen LogP contribution in [0.25, 0.3) is 0 Å². The van der Waals surface area contributed by atoms with Crippen molar-refractivity contribution in [2.45, 2.75) is 13.8 Å². The molecule has 0 heterocycles. The summed E-state index contributed by atoms with van der Waals surface area (Å²) >= 11 is 0. The molecule has 0 bridgehead atoms. The monoisotopic (exact) mass is 314 g/mol. The molecule has 3 rings (SSSR count). The van der Waals surface area contributed by atoms with Gasteiger partial charge in [-0.2, -0.15) is 0 Å². The second kappa shape index (κ2) is 6.63. The van der Waals surface area contributed by atoms with Gasteiger partial charge in [0.15, 0.2) is 11.6 Å². The quantitative estimate of drug-likeness (QED) is 0.650. The Morgan fingerprint density at radius 3 is 1.12 bits per heavy atom. The molecular weight excluding hydrogens is 296 g/mol. The Bertz CT molecular complexity index is 846. The van der Waals surface area contributed by atoms with Crippen molar-refractivity contribution in [3.05, 3.63) is 106 Å². The second-order valence-corrected chi connectivity index (χ2v) is 5.83. The number of carbonyl (C=O) groups is 2. The van der Waals surface area contributed by atoms with E-state index in [1.165, 1.54) is 0 Å².